The van der Waals surface area contributed by atoms with Gasteiger partial charge >= 0.3 is 6.03 Å². The van der Waals surface area contributed by atoms with Gasteiger partial charge in [0.25, 0.3) is 5.91 Å². The Morgan fingerprint density at radius 2 is 2.03 bits per heavy atom. The average Bonchev–Trinajstić information content (AvgIpc) is 3.07. The zero-order valence-electron chi connectivity index (χ0n) is 17.0. The molecule has 29 heavy (non-hydrogen) atoms. The highest BCUT2D eigenvalue weighted by Gasteiger charge is 2.49. The van der Waals surface area contributed by atoms with Crippen LogP contribution in [0.5, 0.6) is 0 Å². The van der Waals surface area contributed by atoms with Gasteiger partial charge < -0.3 is 14.7 Å². The fourth-order valence-electron chi connectivity index (χ4n) is 3.95. The van der Waals surface area contributed by atoms with Crippen molar-refractivity contribution >= 4 is 29.7 Å². The van der Waals surface area contributed by atoms with Gasteiger partial charge in [-0.25, -0.2) is 19.8 Å². The Kier molecular flexibility index (Phi) is 5.62. The number of aryl methyl sites for hydroxylation is 1. The van der Waals surface area contributed by atoms with Crippen molar-refractivity contribution in [2.45, 2.75) is 44.1 Å². The van der Waals surface area contributed by atoms with Crippen molar-refractivity contribution in [3.8, 4) is 0 Å². The minimum absolute atomic E-state index is 0.279. The van der Waals surface area contributed by atoms with Crippen molar-refractivity contribution in [1.29, 1.82) is 0 Å². The molecule has 0 radical (unpaired) electrons. The number of hydrogen-bond donors (Lipinski definition) is 1. The van der Waals surface area contributed by atoms with Gasteiger partial charge in [-0.1, -0.05) is 18.7 Å². The summed E-state index contributed by atoms with van der Waals surface area (Å²) in [6, 6.07) is 0.985. The smallest absolute Gasteiger partial charge is 0.325 e. The maximum atomic E-state index is 12.7. The van der Waals surface area contributed by atoms with E-state index >= 15 is 0 Å². The van der Waals surface area contributed by atoms with Gasteiger partial charge in [-0.2, -0.15) is 0 Å². The number of piperidine rings is 1. The third-order valence-corrected chi connectivity index (χ3v) is 6.58. The largest absolute Gasteiger partial charge is 0.343 e. The Labute approximate surface area is 174 Å². The zero-order chi connectivity index (χ0) is 20.5. The van der Waals surface area contributed by atoms with Crippen LogP contribution in [0, 0.1) is 12.8 Å². The van der Waals surface area contributed by atoms with E-state index in [4.69, 9.17) is 4.99 Å². The number of imide groups is 1. The molecule has 1 N–H and O–H groups in total. The lowest BCUT2D eigenvalue weighted by molar-refractivity contribution is -0.127. The highest BCUT2D eigenvalue weighted by Crippen LogP contribution is 2.28. The fourth-order valence-corrected chi connectivity index (χ4v) is 4.77. The number of guanidine groups is 1. The summed E-state index contributed by atoms with van der Waals surface area (Å²) in [5.74, 6) is 1.97. The summed E-state index contributed by atoms with van der Waals surface area (Å²) >= 11 is 1.56. The van der Waals surface area contributed by atoms with Crippen LogP contribution in [0.1, 0.15) is 25.5 Å². The first-order chi connectivity index (χ1) is 13.9. The van der Waals surface area contributed by atoms with E-state index in [0.717, 1.165) is 48.5 Å². The molecule has 2 unspecified atom stereocenters. The summed E-state index contributed by atoms with van der Waals surface area (Å²) < 4.78 is 0. The number of aliphatic imine (C=N–C) groups is 1. The second-order valence-corrected chi connectivity index (χ2v) is 8.95. The van der Waals surface area contributed by atoms with Crippen molar-refractivity contribution < 1.29 is 9.59 Å². The molecule has 2 fully saturated rings. The Morgan fingerprint density at radius 3 is 2.76 bits per heavy atom. The van der Waals surface area contributed by atoms with Crippen LogP contribution < -0.4 is 5.32 Å². The van der Waals surface area contributed by atoms with Gasteiger partial charge in [-0.15, -0.1) is 0 Å². The van der Waals surface area contributed by atoms with E-state index in [1.165, 1.54) is 4.90 Å². The molecular formula is C19H27N7O2S. The molecule has 1 aromatic rings. The topological polar surface area (TPSA) is 94.0 Å². The Balaban J connectivity index is 1.52. The summed E-state index contributed by atoms with van der Waals surface area (Å²) in [6.07, 6.45) is 3.49. The molecule has 156 valence electrons. The first-order valence-electron chi connectivity index (χ1n) is 10.0. The SMILES string of the molecule is Cc1ccnc(SCCN2C(N3CCC(C)CC3)=NC3C2C(=O)NC(=O)N3C)n1. The standard InChI is InChI=1S/C19H27N7O2S/c1-12-5-8-25(9-6-12)18-22-15-14(16(27)23-19(28)24(15)3)26(18)10-11-29-17-20-7-4-13(2)21-17/h4,7,12,14-15H,5-6,8-11H2,1-3H3,(H,23,27,28). The number of fused-ring (bicyclic) bond motifs is 1. The predicted molar refractivity (Wildman–Crippen MR) is 110 cm³/mol. The third-order valence-electron chi connectivity index (χ3n) is 5.74. The number of aromatic nitrogens is 2. The number of hydrogen-bond acceptors (Lipinski definition) is 8. The summed E-state index contributed by atoms with van der Waals surface area (Å²) in [4.78, 5) is 44.2. The average molecular weight is 418 g/mol. The molecule has 0 bridgehead atoms. The first-order valence-corrected chi connectivity index (χ1v) is 11.0. The molecule has 2 saturated heterocycles. The third kappa shape index (κ3) is 4.03. The maximum Gasteiger partial charge on any atom is 0.325 e. The Morgan fingerprint density at radius 1 is 1.28 bits per heavy atom. The van der Waals surface area contributed by atoms with Crippen molar-refractivity contribution in [2.24, 2.45) is 10.9 Å². The van der Waals surface area contributed by atoms with Gasteiger partial charge in [-0.3, -0.25) is 10.1 Å². The molecule has 2 atom stereocenters. The summed E-state index contributed by atoms with van der Waals surface area (Å²) in [5.41, 5.74) is 0.931. The normalized spacial score (nSPS) is 25.2. The second kappa shape index (κ2) is 8.17. The summed E-state index contributed by atoms with van der Waals surface area (Å²) in [5, 5.41) is 3.19. The van der Waals surface area contributed by atoms with Crippen LogP contribution in [-0.4, -0.2) is 87.2 Å². The molecule has 9 nitrogen and oxygen atoms in total. The zero-order valence-corrected chi connectivity index (χ0v) is 17.9. The number of carbonyl (C=O) groups is 2. The summed E-state index contributed by atoms with van der Waals surface area (Å²) in [6.45, 7) is 6.68. The molecule has 10 heteroatoms. The molecular weight excluding hydrogens is 390 g/mol. The highest BCUT2D eigenvalue weighted by atomic mass is 32.2. The van der Waals surface area contributed by atoms with Gasteiger partial charge in [-0.05, 0) is 31.7 Å². The van der Waals surface area contributed by atoms with E-state index in [-0.39, 0.29) is 5.91 Å². The molecule has 0 saturated carbocycles. The lowest BCUT2D eigenvalue weighted by Gasteiger charge is -2.39. The van der Waals surface area contributed by atoms with E-state index < -0.39 is 18.2 Å². The molecule has 4 heterocycles. The number of nitrogens with zero attached hydrogens (tertiary/aromatic N) is 6. The number of rotatable bonds is 4. The molecule has 4 rings (SSSR count). The number of amides is 3. The Hall–Kier alpha value is -2.36. The van der Waals surface area contributed by atoms with Crippen molar-refractivity contribution in [3.05, 3.63) is 18.0 Å². The number of likely N-dealkylation sites (tertiary alicyclic amines) is 1. The monoisotopic (exact) mass is 417 g/mol. The van der Waals surface area contributed by atoms with E-state index in [2.05, 4.69) is 32.0 Å². The lowest BCUT2D eigenvalue weighted by Crippen LogP contribution is -2.64. The molecule has 3 amide bonds. The van der Waals surface area contributed by atoms with Crippen LogP contribution in [0.15, 0.2) is 22.4 Å². The maximum absolute atomic E-state index is 12.7. The van der Waals surface area contributed by atoms with Gasteiger partial charge in [0.1, 0.15) is 0 Å². The van der Waals surface area contributed by atoms with Gasteiger partial charge in [0, 0.05) is 44.3 Å². The molecule has 1 aromatic heterocycles. The lowest BCUT2D eigenvalue weighted by atomic mass is 9.99. The van der Waals surface area contributed by atoms with Crippen LogP contribution in [-0.2, 0) is 4.79 Å². The predicted octanol–water partition coefficient (Wildman–Crippen LogP) is 1.16. The van der Waals surface area contributed by atoms with Crippen molar-refractivity contribution in [3.63, 3.8) is 0 Å². The fraction of sp³-hybridized carbons (Fsp3) is 0.632. The van der Waals surface area contributed by atoms with E-state index in [0.29, 0.717) is 12.5 Å². The number of urea groups is 1. The van der Waals surface area contributed by atoms with E-state index in [1.54, 1.807) is 25.0 Å². The molecule has 0 aliphatic carbocycles. The molecule has 0 spiro atoms. The quantitative estimate of drug-likeness (QED) is 0.580. The number of thioether (sulfide) groups is 1. The van der Waals surface area contributed by atoms with Crippen molar-refractivity contribution in [1.82, 2.24) is 30.0 Å². The molecule has 3 aliphatic heterocycles. The van der Waals surface area contributed by atoms with Crippen LogP contribution >= 0.6 is 11.8 Å². The van der Waals surface area contributed by atoms with Crippen LogP contribution in [0.25, 0.3) is 0 Å². The van der Waals surface area contributed by atoms with Crippen LogP contribution in [0.2, 0.25) is 0 Å². The highest BCUT2D eigenvalue weighted by molar-refractivity contribution is 7.99. The first kappa shape index (κ1) is 19.9. The van der Waals surface area contributed by atoms with E-state index in [9.17, 15) is 9.59 Å². The van der Waals surface area contributed by atoms with Gasteiger partial charge in [0.15, 0.2) is 23.3 Å². The van der Waals surface area contributed by atoms with Crippen LogP contribution in [0.4, 0.5) is 4.79 Å². The number of nitrogens with one attached hydrogen (secondary N) is 1. The minimum atomic E-state index is -0.494. The molecule has 3 aliphatic rings. The van der Waals surface area contributed by atoms with Gasteiger partial charge in [0.2, 0.25) is 0 Å². The van der Waals surface area contributed by atoms with Gasteiger partial charge in [0.05, 0.1) is 0 Å². The van der Waals surface area contributed by atoms with Crippen molar-refractivity contribution in [2.75, 3.05) is 32.4 Å². The molecule has 0 aromatic carbocycles. The number of likely N-dealkylation sites (N-methyl/N-ethyl adjacent to an activating group) is 1. The van der Waals surface area contributed by atoms with E-state index in [1.807, 2.05) is 13.0 Å². The Bertz CT molecular complexity index is 825. The van der Waals surface area contributed by atoms with Crippen LogP contribution in [0.3, 0.4) is 0 Å². The number of carbonyl (C=O) groups excluding carboxylic acids is 2. The summed E-state index contributed by atoms with van der Waals surface area (Å²) in [7, 11) is 1.69. The minimum Gasteiger partial charge on any atom is -0.343 e. The second-order valence-electron chi connectivity index (χ2n) is 7.88.